The molecule has 4 heteroatoms. The third kappa shape index (κ3) is 1.62. The number of rotatable bonds is 4. The lowest BCUT2D eigenvalue weighted by Gasteiger charge is -2.24. The predicted octanol–water partition coefficient (Wildman–Crippen LogP) is 2.64. The van der Waals surface area contributed by atoms with Gasteiger partial charge in [0.1, 0.15) is 0 Å². The first kappa shape index (κ1) is 8.81. The molecule has 1 N–H and O–H groups in total. The zero-order chi connectivity index (χ0) is 8.44. The van der Waals surface area contributed by atoms with Crippen LogP contribution in [0.15, 0.2) is 0 Å². The smallest absolute Gasteiger partial charge is 0.0351 e. The molecule has 2 aliphatic rings. The Bertz CT molecular complexity index is 154. The van der Waals surface area contributed by atoms with Crippen LogP contribution in [0, 0.1) is 11.3 Å². The Hall–Kier alpha value is 0.230. The predicted molar refractivity (Wildman–Crippen MR) is 46.3 cm³/mol. The monoisotopic (exact) mass is 190 g/mol. The Labute approximate surface area is 76.5 Å². The molecule has 2 bridgehead atoms. The number of fused-ring (bicyclic) bond motifs is 2. The molecule has 2 aliphatic carbocycles. The normalized spacial score (nSPS) is 39.2. The Balaban J connectivity index is 1.78. The highest BCUT2D eigenvalue weighted by atomic mass is 32.2. The summed E-state index contributed by atoms with van der Waals surface area (Å²) in [7, 11) is 0. The van der Waals surface area contributed by atoms with Crippen LogP contribution >= 0.6 is 12.0 Å². The van der Waals surface area contributed by atoms with E-state index in [0.29, 0.717) is 5.41 Å². The molecule has 3 nitrogen and oxygen atoms in total. The van der Waals surface area contributed by atoms with E-state index in [4.69, 9.17) is 5.26 Å². The Kier molecular flexibility index (Phi) is 2.60. The van der Waals surface area contributed by atoms with E-state index < -0.39 is 0 Å². The second-order valence-corrected chi connectivity index (χ2v) is 4.71. The van der Waals surface area contributed by atoms with Crippen molar-refractivity contribution >= 4 is 12.0 Å². The average molecular weight is 190 g/mol. The molecule has 2 fully saturated rings. The van der Waals surface area contributed by atoms with Gasteiger partial charge in [-0.2, -0.15) is 0 Å². The van der Waals surface area contributed by atoms with Crippen molar-refractivity contribution in [1.82, 2.24) is 0 Å². The fraction of sp³-hybridized carbons (Fsp3) is 1.00. The minimum atomic E-state index is 0.508. The second kappa shape index (κ2) is 3.54. The third-order valence-electron chi connectivity index (χ3n) is 3.33. The molecule has 0 radical (unpaired) electrons. The summed E-state index contributed by atoms with van der Waals surface area (Å²) in [5.74, 6) is 1.94. The number of hydrogen-bond donors (Lipinski definition) is 1. The van der Waals surface area contributed by atoms with Gasteiger partial charge < -0.3 is 0 Å². The van der Waals surface area contributed by atoms with Crippen molar-refractivity contribution in [1.29, 1.82) is 0 Å². The lowest BCUT2D eigenvalue weighted by Crippen LogP contribution is -2.17. The lowest BCUT2D eigenvalue weighted by atomic mass is 9.87. The maximum atomic E-state index is 7.96. The Morgan fingerprint density at radius 1 is 1.42 bits per heavy atom. The summed E-state index contributed by atoms with van der Waals surface area (Å²) < 4.78 is 4.41. The van der Waals surface area contributed by atoms with Crippen LogP contribution in [0.5, 0.6) is 0 Å². The lowest BCUT2D eigenvalue weighted by molar-refractivity contribution is -0.432. The zero-order valence-electron chi connectivity index (χ0n) is 6.99. The van der Waals surface area contributed by atoms with Crippen molar-refractivity contribution in [3.05, 3.63) is 0 Å². The second-order valence-electron chi connectivity index (χ2n) is 4.05. The molecular weight excluding hydrogens is 176 g/mol. The highest BCUT2D eigenvalue weighted by Crippen LogP contribution is 2.55. The van der Waals surface area contributed by atoms with E-state index in [9.17, 15) is 0 Å². The summed E-state index contributed by atoms with van der Waals surface area (Å²) in [6.45, 7) is 0. The molecule has 0 spiro atoms. The third-order valence-corrected chi connectivity index (χ3v) is 4.22. The van der Waals surface area contributed by atoms with Gasteiger partial charge >= 0.3 is 0 Å². The van der Waals surface area contributed by atoms with Gasteiger partial charge in [-0.1, -0.05) is 5.04 Å². The highest BCUT2D eigenvalue weighted by Gasteiger charge is 2.44. The molecule has 2 rings (SSSR count). The fourth-order valence-electron chi connectivity index (χ4n) is 2.68. The molecule has 0 unspecified atom stereocenters. The van der Waals surface area contributed by atoms with Gasteiger partial charge in [0, 0.05) is 17.8 Å². The van der Waals surface area contributed by atoms with Gasteiger partial charge in [0.25, 0.3) is 0 Å². The van der Waals surface area contributed by atoms with Crippen LogP contribution in [0.4, 0.5) is 0 Å². The van der Waals surface area contributed by atoms with E-state index in [1.54, 1.807) is 0 Å². The van der Waals surface area contributed by atoms with Gasteiger partial charge in [-0.3, -0.25) is 0 Å². The minimum absolute atomic E-state index is 0.508. The average Bonchev–Trinajstić information content (AvgIpc) is 2.64. The van der Waals surface area contributed by atoms with E-state index in [-0.39, 0.29) is 0 Å². The van der Waals surface area contributed by atoms with Gasteiger partial charge in [0.15, 0.2) is 0 Å². The molecule has 0 aromatic carbocycles. The maximum Gasteiger partial charge on any atom is 0.0351 e. The van der Waals surface area contributed by atoms with E-state index in [1.807, 2.05) is 0 Å². The van der Waals surface area contributed by atoms with Crippen LogP contribution in [0.3, 0.4) is 0 Å². The van der Waals surface area contributed by atoms with E-state index in [0.717, 1.165) is 11.7 Å². The summed E-state index contributed by atoms with van der Waals surface area (Å²) in [6.07, 6.45) is 6.80. The van der Waals surface area contributed by atoms with Crippen LogP contribution in [0.2, 0.25) is 0 Å². The van der Waals surface area contributed by atoms with E-state index in [1.165, 1.54) is 44.1 Å². The Morgan fingerprint density at radius 3 is 2.67 bits per heavy atom. The molecule has 2 saturated carbocycles. The van der Waals surface area contributed by atoms with Crippen molar-refractivity contribution in [3.8, 4) is 0 Å². The molecule has 0 aromatic heterocycles. The summed E-state index contributed by atoms with van der Waals surface area (Å²) >= 11 is 1.23. The van der Waals surface area contributed by atoms with Gasteiger partial charge in [-0.15, -0.1) is 4.33 Å². The largest absolute Gasteiger partial charge is 0.220 e. The Morgan fingerprint density at radius 2 is 2.17 bits per heavy atom. The van der Waals surface area contributed by atoms with Gasteiger partial charge in [0.05, 0.1) is 0 Å². The van der Waals surface area contributed by atoms with E-state index in [2.05, 4.69) is 9.37 Å². The first-order valence-corrected chi connectivity index (χ1v) is 5.35. The molecule has 0 aromatic rings. The molecule has 0 heterocycles. The first-order valence-electron chi connectivity index (χ1n) is 4.44. The quantitative estimate of drug-likeness (QED) is 0.320. The standard InChI is InChI=1S/C8H14O3S/c9-10-11-12-6-8-3-1-7(5-8)2-4-8/h7,9H,1-6H2. The van der Waals surface area contributed by atoms with Crippen molar-refractivity contribution in [3.63, 3.8) is 0 Å². The summed E-state index contributed by atoms with van der Waals surface area (Å²) in [4.78, 5) is 0. The van der Waals surface area contributed by atoms with Gasteiger partial charge in [-0.05, 0) is 43.4 Å². The highest BCUT2D eigenvalue weighted by molar-refractivity contribution is 7.94. The van der Waals surface area contributed by atoms with Crippen LogP contribution < -0.4 is 0 Å². The first-order chi connectivity index (χ1) is 5.85. The molecule has 12 heavy (non-hydrogen) atoms. The molecular formula is C8H14O3S. The van der Waals surface area contributed by atoms with Crippen molar-refractivity contribution in [2.75, 3.05) is 5.75 Å². The molecule has 0 aliphatic heterocycles. The topological polar surface area (TPSA) is 38.7 Å². The van der Waals surface area contributed by atoms with Crippen molar-refractivity contribution < 1.29 is 14.6 Å². The van der Waals surface area contributed by atoms with Crippen LogP contribution in [-0.2, 0) is 9.37 Å². The summed E-state index contributed by atoms with van der Waals surface area (Å²) in [5, 5.41) is 11.5. The summed E-state index contributed by atoms with van der Waals surface area (Å²) in [5.41, 5.74) is 0.508. The van der Waals surface area contributed by atoms with Crippen LogP contribution in [-0.4, -0.2) is 11.0 Å². The van der Waals surface area contributed by atoms with Crippen LogP contribution in [0.1, 0.15) is 32.1 Å². The minimum Gasteiger partial charge on any atom is -0.220 e. The maximum absolute atomic E-state index is 7.96. The van der Waals surface area contributed by atoms with Crippen molar-refractivity contribution in [2.45, 2.75) is 32.1 Å². The van der Waals surface area contributed by atoms with E-state index >= 15 is 0 Å². The van der Waals surface area contributed by atoms with Gasteiger partial charge in [0.2, 0.25) is 0 Å². The zero-order valence-corrected chi connectivity index (χ0v) is 7.81. The van der Waals surface area contributed by atoms with Crippen LogP contribution in [0.25, 0.3) is 0 Å². The van der Waals surface area contributed by atoms with Crippen molar-refractivity contribution in [2.24, 2.45) is 11.3 Å². The molecule has 0 atom stereocenters. The molecule has 70 valence electrons. The molecule has 0 amide bonds. The number of hydrogen-bond acceptors (Lipinski definition) is 4. The molecule has 0 saturated heterocycles. The fourth-order valence-corrected chi connectivity index (χ4v) is 3.43. The van der Waals surface area contributed by atoms with Gasteiger partial charge in [-0.25, -0.2) is 5.26 Å². The SMILES string of the molecule is OOOSCC12CCC(CC1)C2. The summed E-state index contributed by atoms with van der Waals surface area (Å²) in [6, 6.07) is 0.